The van der Waals surface area contributed by atoms with Crippen LogP contribution in [0.3, 0.4) is 0 Å². The third-order valence-corrected chi connectivity index (χ3v) is 5.12. The van der Waals surface area contributed by atoms with Gasteiger partial charge in [-0.3, -0.25) is 14.6 Å². The standard InChI is InChI=1S/C19H25N3O4/c1-3-14(4-2)18(24)22-9-7-21(8-10-22)17(23)12-13-5-6-16-15(11-13)20-19(25)26-16/h5-6,11,14H,3-4,7-10,12H2,1-2H3,(H,20,25). The van der Waals surface area contributed by atoms with Gasteiger partial charge in [0.15, 0.2) is 5.58 Å². The molecule has 1 aliphatic rings. The van der Waals surface area contributed by atoms with Crippen LogP contribution in [0.15, 0.2) is 27.4 Å². The lowest BCUT2D eigenvalue weighted by Gasteiger charge is -2.36. The van der Waals surface area contributed by atoms with Crippen LogP contribution in [0.5, 0.6) is 0 Å². The normalized spacial score (nSPS) is 15.0. The molecule has 1 N–H and O–H groups in total. The molecule has 0 atom stereocenters. The van der Waals surface area contributed by atoms with Crippen molar-refractivity contribution in [2.45, 2.75) is 33.1 Å². The van der Waals surface area contributed by atoms with Crippen molar-refractivity contribution in [3.63, 3.8) is 0 Å². The number of piperazine rings is 1. The number of nitrogens with one attached hydrogen (secondary N) is 1. The molecule has 0 aliphatic carbocycles. The summed E-state index contributed by atoms with van der Waals surface area (Å²) in [6.45, 7) is 6.39. The second-order valence-corrected chi connectivity index (χ2v) is 6.74. The Morgan fingerprint density at radius 3 is 2.42 bits per heavy atom. The predicted molar refractivity (Wildman–Crippen MR) is 97.8 cm³/mol. The molecule has 1 aromatic heterocycles. The van der Waals surface area contributed by atoms with Crippen molar-refractivity contribution in [2.75, 3.05) is 26.2 Å². The first kappa shape index (κ1) is 18.2. The van der Waals surface area contributed by atoms with Crippen molar-refractivity contribution < 1.29 is 14.0 Å². The highest BCUT2D eigenvalue weighted by atomic mass is 16.4. The summed E-state index contributed by atoms with van der Waals surface area (Å²) in [5.74, 6) is -0.177. The van der Waals surface area contributed by atoms with E-state index in [4.69, 9.17) is 4.42 Å². The van der Waals surface area contributed by atoms with Gasteiger partial charge in [0, 0.05) is 32.1 Å². The van der Waals surface area contributed by atoms with Crippen molar-refractivity contribution in [3.8, 4) is 0 Å². The quantitative estimate of drug-likeness (QED) is 0.881. The third kappa shape index (κ3) is 3.81. The fraction of sp³-hybridized carbons (Fsp3) is 0.526. The van der Waals surface area contributed by atoms with Gasteiger partial charge in [-0.05, 0) is 30.5 Å². The molecule has 7 nitrogen and oxygen atoms in total. The lowest BCUT2D eigenvalue weighted by molar-refractivity contribution is -0.142. The monoisotopic (exact) mass is 359 g/mol. The van der Waals surface area contributed by atoms with Gasteiger partial charge in [-0.15, -0.1) is 0 Å². The number of benzene rings is 1. The Bertz CT molecular complexity index is 842. The number of aromatic nitrogens is 1. The zero-order chi connectivity index (χ0) is 18.7. The van der Waals surface area contributed by atoms with E-state index in [0.717, 1.165) is 18.4 Å². The number of aromatic amines is 1. The number of amides is 2. The van der Waals surface area contributed by atoms with Crippen LogP contribution in [0.2, 0.25) is 0 Å². The number of rotatable bonds is 5. The first-order chi connectivity index (χ1) is 12.5. The molecule has 0 radical (unpaired) electrons. The van der Waals surface area contributed by atoms with E-state index >= 15 is 0 Å². The number of carbonyl (C=O) groups excluding carboxylic acids is 2. The molecule has 1 saturated heterocycles. The maximum Gasteiger partial charge on any atom is 0.417 e. The van der Waals surface area contributed by atoms with Crippen molar-refractivity contribution in [1.29, 1.82) is 0 Å². The second-order valence-electron chi connectivity index (χ2n) is 6.74. The molecule has 140 valence electrons. The molecule has 0 spiro atoms. The Balaban J connectivity index is 1.57. The Morgan fingerprint density at radius 1 is 1.12 bits per heavy atom. The molecule has 2 heterocycles. The molecule has 1 aliphatic heterocycles. The number of hydrogen-bond donors (Lipinski definition) is 1. The highest BCUT2D eigenvalue weighted by Crippen LogP contribution is 2.16. The summed E-state index contributed by atoms with van der Waals surface area (Å²) in [4.78, 5) is 42.5. The minimum atomic E-state index is -0.498. The van der Waals surface area contributed by atoms with E-state index in [-0.39, 0.29) is 24.2 Å². The van der Waals surface area contributed by atoms with E-state index < -0.39 is 5.76 Å². The van der Waals surface area contributed by atoms with Gasteiger partial charge in [-0.2, -0.15) is 0 Å². The Hall–Kier alpha value is -2.57. The molecular formula is C19H25N3O4. The summed E-state index contributed by atoms with van der Waals surface area (Å²) in [6, 6.07) is 5.26. The minimum Gasteiger partial charge on any atom is -0.408 e. The average molecular weight is 359 g/mol. The van der Waals surface area contributed by atoms with Crippen molar-refractivity contribution >= 4 is 22.9 Å². The summed E-state index contributed by atoms with van der Waals surface area (Å²) in [5.41, 5.74) is 1.91. The van der Waals surface area contributed by atoms with E-state index in [1.54, 1.807) is 23.1 Å². The molecule has 0 unspecified atom stereocenters. The van der Waals surface area contributed by atoms with Gasteiger partial charge in [0.2, 0.25) is 11.8 Å². The van der Waals surface area contributed by atoms with Crippen LogP contribution in [-0.4, -0.2) is 52.8 Å². The van der Waals surface area contributed by atoms with Crippen LogP contribution in [-0.2, 0) is 16.0 Å². The van der Waals surface area contributed by atoms with Gasteiger partial charge in [-0.1, -0.05) is 19.9 Å². The molecule has 1 aromatic carbocycles. The van der Waals surface area contributed by atoms with Gasteiger partial charge in [0.05, 0.1) is 11.9 Å². The molecular weight excluding hydrogens is 334 g/mol. The molecule has 26 heavy (non-hydrogen) atoms. The molecule has 1 fully saturated rings. The Kier molecular flexibility index (Phi) is 5.44. The largest absolute Gasteiger partial charge is 0.417 e. The molecule has 7 heteroatoms. The van der Waals surface area contributed by atoms with Gasteiger partial charge >= 0.3 is 5.76 Å². The van der Waals surface area contributed by atoms with Gasteiger partial charge in [0.1, 0.15) is 0 Å². The predicted octanol–water partition coefficient (Wildman–Crippen LogP) is 1.77. The number of nitrogens with zero attached hydrogens (tertiary/aromatic N) is 2. The van der Waals surface area contributed by atoms with Crippen LogP contribution in [0.1, 0.15) is 32.3 Å². The molecule has 0 saturated carbocycles. The third-order valence-electron chi connectivity index (χ3n) is 5.12. The van der Waals surface area contributed by atoms with Crippen LogP contribution in [0.25, 0.3) is 11.1 Å². The number of hydrogen-bond acceptors (Lipinski definition) is 4. The van der Waals surface area contributed by atoms with Crippen LogP contribution in [0.4, 0.5) is 0 Å². The second kappa shape index (κ2) is 7.76. The van der Waals surface area contributed by atoms with E-state index in [1.165, 1.54) is 0 Å². The van der Waals surface area contributed by atoms with Gasteiger partial charge < -0.3 is 14.2 Å². The van der Waals surface area contributed by atoms with Crippen LogP contribution >= 0.6 is 0 Å². The summed E-state index contributed by atoms with van der Waals surface area (Å²) in [5, 5.41) is 0. The van der Waals surface area contributed by atoms with E-state index in [0.29, 0.717) is 37.3 Å². The maximum absolute atomic E-state index is 12.6. The van der Waals surface area contributed by atoms with Crippen LogP contribution < -0.4 is 5.76 Å². The topological polar surface area (TPSA) is 86.6 Å². The van der Waals surface area contributed by atoms with Crippen molar-refractivity contribution in [2.24, 2.45) is 5.92 Å². The fourth-order valence-electron chi connectivity index (χ4n) is 3.47. The molecule has 3 rings (SSSR count). The van der Waals surface area contributed by atoms with Crippen molar-refractivity contribution in [3.05, 3.63) is 34.3 Å². The van der Waals surface area contributed by atoms with E-state index in [2.05, 4.69) is 4.98 Å². The molecule has 2 amide bonds. The summed E-state index contributed by atoms with van der Waals surface area (Å²) >= 11 is 0. The maximum atomic E-state index is 12.6. The van der Waals surface area contributed by atoms with Crippen LogP contribution in [0, 0.1) is 5.92 Å². The minimum absolute atomic E-state index is 0.0322. The fourth-order valence-corrected chi connectivity index (χ4v) is 3.47. The molecule has 0 bridgehead atoms. The Morgan fingerprint density at radius 2 is 1.77 bits per heavy atom. The highest BCUT2D eigenvalue weighted by molar-refractivity contribution is 5.82. The van der Waals surface area contributed by atoms with E-state index in [1.807, 2.05) is 18.7 Å². The van der Waals surface area contributed by atoms with E-state index in [9.17, 15) is 14.4 Å². The summed E-state index contributed by atoms with van der Waals surface area (Å²) in [7, 11) is 0. The van der Waals surface area contributed by atoms with Gasteiger partial charge in [-0.25, -0.2) is 4.79 Å². The summed E-state index contributed by atoms with van der Waals surface area (Å²) in [6.07, 6.45) is 1.98. The number of carbonyl (C=O) groups is 2. The smallest absolute Gasteiger partial charge is 0.408 e. The SMILES string of the molecule is CCC(CC)C(=O)N1CCN(C(=O)Cc2ccc3oc(=O)[nH]c3c2)CC1. The zero-order valence-corrected chi connectivity index (χ0v) is 15.3. The number of oxazole rings is 1. The number of H-pyrrole nitrogens is 1. The number of fused-ring (bicyclic) bond motifs is 1. The summed E-state index contributed by atoms with van der Waals surface area (Å²) < 4.78 is 4.97. The lowest BCUT2D eigenvalue weighted by atomic mass is 10.0. The lowest BCUT2D eigenvalue weighted by Crippen LogP contribution is -2.52. The average Bonchev–Trinajstić information content (AvgIpc) is 3.02. The zero-order valence-electron chi connectivity index (χ0n) is 15.3. The first-order valence-electron chi connectivity index (χ1n) is 9.20. The molecule has 2 aromatic rings. The highest BCUT2D eigenvalue weighted by Gasteiger charge is 2.27. The van der Waals surface area contributed by atoms with Crippen molar-refractivity contribution in [1.82, 2.24) is 14.8 Å². The first-order valence-corrected chi connectivity index (χ1v) is 9.20. The van der Waals surface area contributed by atoms with Gasteiger partial charge in [0.25, 0.3) is 0 Å². The Labute approximate surface area is 152 Å².